The van der Waals surface area contributed by atoms with Gasteiger partial charge in [-0.1, -0.05) is 0 Å². The van der Waals surface area contributed by atoms with Gasteiger partial charge in [0.25, 0.3) is 0 Å². The smallest absolute Gasteiger partial charge is 0.325 e. The molecule has 0 radical (unpaired) electrons. The molecule has 0 fully saturated rings. The second-order valence-electron chi connectivity index (χ2n) is 5.28. The van der Waals surface area contributed by atoms with Crippen molar-refractivity contribution in [3.05, 3.63) is 23.4 Å². The number of carbonyl (C=O) groups excluding carboxylic acids is 1. The van der Waals surface area contributed by atoms with Crippen molar-refractivity contribution in [2.75, 3.05) is 46.2 Å². The normalized spacial score (nSPS) is 10.7. The number of aryl methyl sites for hydroxylation is 2. The molecule has 0 aliphatic carbocycles. The Bertz CT molecular complexity index is 423. The standard InChI is InChI=1S/C14H24N4O/c1-11-9-12(2)15-13(10-11)18(8-7-16(3)4)14(19)17(5)6/h9-10H,7-8H2,1-6H3. The average molecular weight is 264 g/mol. The Morgan fingerprint density at radius 3 is 2.21 bits per heavy atom. The molecule has 106 valence electrons. The molecule has 0 unspecified atom stereocenters. The fourth-order valence-corrected chi connectivity index (χ4v) is 1.81. The molecule has 5 heteroatoms. The lowest BCUT2D eigenvalue weighted by Crippen LogP contribution is -2.43. The molecule has 0 aliphatic heterocycles. The van der Waals surface area contributed by atoms with E-state index in [1.54, 1.807) is 23.9 Å². The molecule has 0 N–H and O–H groups in total. The third kappa shape index (κ3) is 4.52. The monoisotopic (exact) mass is 264 g/mol. The lowest BCUT2D eigenvalue weighted by atomic mass is 10.2. The van der Waals surface area contributed by atoms with E-state index >= 15 is 0 Å². The van der Waals surface area contributed by atoms with E-state index < -0.39 is 0 Å². The minimum atomic E-state index is -0.0423. The minimum Gasteiger partial charge on any atom is -0.330 e. The molecule has 0 saturated carbocycles. The molecular weight excluding hydrogens is 240 g/mol. The van der Waals surface area contributed by atoms with Crippen LogP contribution in [0.1, 0.15) is 11.3 Å². The number of urea groups is 1. The average Bonchev–Trinajstić information content (AvgIpc) is 2.27. The van der Waals surface area contributed by atoms with Crippen molar-refractivity contribution in [2.45, 2.75) is 13.8 Å². The van der Waals surface area contributed by atoms with Crippen molar-refractivity contribution in [3.8, 4) is 0 Å². The van der Waals surface area contributed by atoms with Crippen LogP contribution < -0.4 is 4.90 Å². The molecule has 2 amide bonds. The van der Waals surface area contributed by atoms with Crippen molar-refractivity contribution in [2.24, 2.45) is 0 Å². The summed E-state index contributed by atoms with van der Waals surface area (Å²) in [6, 6.07) is 3.91. The number of likely N-dealkylation sites (N-methyl/N-ethyl adjacent to an activating group) is 1. The molecule has 1 rings (SSSR count). The molecule has 0 aliphatic rings. The number of hydrogen-bond acceptors (Lipinski definition) is 3. The van der Waals surface area contributed by atoms with E-state index in [0.717, 1.165) is 23.6 Å². The van der Waals surface area contributed by atoms with Gasteiger partial charge in [0.05, 0.1) is 0 Å². The van der Waals surface area contributed by atoms with Gasteiger partial charge in [0.2, 0.25) is 0 Å². The maximum Gasteiger partial charge on any atom is 0.325 e. The SMILES string of the molecule is Cc1cc(C)nc(N(CCN(C)C)C(=O)N(C)C)c1. The highest BCUT2D eigenvalue weighted by atomic mass is 16.2. The zero-order chi connectivity index (χ0) is 14.6. The van der Waals surface area contributed by atoms with Gasteiger partial charge in [-0.05, 0) is 45.6 Å². The summed E-state index contributed by atoms with van der Waals surface area (Å²) < 4.78 is 0. The Labute approximate surface area is 115 Å². The Kier molecular flexibility index (Phi) is 5.30. The number of aromatic nitrogens is 1. The zero-order valence-electron chi connectivity index (χ0n) is 12.8. The lowest BCUT2D eigenvalue weighted by Gasteiger charge is -2.27. The zero-order valence-corrected chi connectivity index (χ0v) is 12.8. The highest BCUT2D eigenvalue weighted by molar-refractivity contribution is 5.90. The lowest BCUT2D eigenvalue weighted by molar-refractivity contribution is 0.222. The summed E-state index contributed by atoms with van der Waals surface area (Å²) >= 11 is 0. The minimum absolute atomic E-state index is 0.0423. The van der Waals surface area contributed by atoms with Crippen molar-refractivity contribution in [1.29, 1.82) is 0 Å². The molecular formula is C14H24N4O. The van der Waals surface area contributed by atoms with Gasteiger partial charge in [0, 0.05) is 32.9 Å². The topological polar surface area (TPSA) is 39.7 Å². The van der Waals surface area contributed by atoms with Crippen LogP contribution in [0, 0.1) is 13.8 Å². The van der Waals surface area contributed by atoms with E-state index in [1.165, 1.54) is 0 Å². The van der Waals surface area contributed by atoms with Crippen LogP contribution in [0.25, 0.3) is 0 Å². The molecule has 0 saturated heterocycles. The van der Waals surface area contributed by atoms with E-state index in [4.69, 9.17) is 0 Å². The summed E-state index contributed by atoms with van der Waals surface area (Å²) in [5.41, 5.74) is 2.04. The Hall–Kier alpha value is -1.62. The fourth-order valence-electron chi connectivity index (χ4n) is 1.81. The number of hydrogen-bond donors (Lipinski definition) is 0. The number of carbonyl (C=O) groups is 1. The molecule has 0 bridgehead atoms. The molecule has 1 heterocycles. The number of rotatable bonds is 4. The molecule has 0 aromatic carbocycles. The molecule has 0 atom stereocenters. The van der Waals surface area contributed by atoms with E-state index in [1.807, 2.05) is 40.1 Å². The van der Waals surface area contributed by atoms with Gasteiger partial charge in [-0.2, -0.15) is 0 Å². The van der Waals surface area contributed by atoms with E-state index in [2.05, 4.69) is 9.88 Å². The van der Waals surface area contributed by atoms with Gasteiger partial charge in [-0.15, -0.1) is 0 Å². The first-order valence-corrected chi connectivity index (χ1v) is 6.40. The number of amides is 2. The molecule has 1 aromatic heterocycles. The van der Waals surface area contributed by atoms with Crippen LogP contribution in [0.5, 0.6) is 0 Å². The van der Waals surface area contributed by atoms with Crippen molar-refractivity contribution in [3.63, 3.8) is 0 Å². The molecule has 19 heavy (non-hydrogen) atoms. The molecule has 5 nitrogen and oxygen atoms in total. The van der Waals surface area contributed by atoms with E-state index in [-0.39, 0.29) is 6.03 Å². The Balaban J connectivity index is 3.03. The van der Waals surface area contributed by atoms with E-state index in [0.29, 0.717) is 6.54 Å². The number of nitrogens with zero attached hydrogens (tertiary/aromatic N) is 4. The van der Waals surface area contributed by atoms with Gasteiger partial charge in [0.15, 0.2) is 0 Å². The molecule has 1 aromatic rings. The fraction of sp³-hybridized carbons (Fsp3) is 0.571. The van der Waals surface area contributed by atoms with Crippen LogP contribution in [-0.4, -0.2) is 62.1 Å². The maximum atomic E-state index is 12.3. The second-order valence-corrected chi connectivity index (χ2v) is 5.28. The predicted molar refractivity (Wildman–Crippen MR) is 78.7 cm³/mol. The van der Waals surface area contributed by atoms with Gasteiger partial charge in [-0.3, -0.25) is 4.90 Å². The van der Waals surface area contributed by atoms with Crippen molar-refractivity contribution >= 4 is 11.8 Å². The van der Waals surface area contributed by atoms with Crippen LogP contribution in [0.2, 0.25) is 0 Å². The maximum absolute atomic E-state index is 12.3. The quantitative estimate of drug-likeness (QED) is 0.831. The summed E-state index contributed by atoms with van der Waals surface area (Å²) in [6.07, 6.45) is 0. The number of anilines is 1. The third-order valence-corrected chi connectivity index (χ3v) is 2.75. The number of pyridine rings is 1. The second kappa shape index (κ2) is 6.52. The van der Waals surface area contributed by atoms with E-state index in [9.17, 15) is 4.79 Å². The summed E-state index contributed by atoms with van der Waals surface area (Å²) in [6.45, 7) is 5.39. The van der Waals surface area contributed by atoms with Crippen LogP contribution >= 0.6 is 0 Å². The predicted octanol–water partition coefficient (Wildman–Crippen LogP) is 1.75. The van der Waals surface area contributed by atoms with Crippen LogP contribution in [-0.2, 0) is 0 Å². The summed E-state index contributed by atoms with van der Waals surface area (Å²) in [5, 5.41) is 0. The van der Waals surface area contributed by atoms with Crippen LogP contribution in [0.15, 0.2) is 12.1 Å². The van der Waals surface area contributed by atoms with Gasteiger partial charge in [-0.25, -0.2) is 9.78 Å². The highest BCUT2D eigenvalue weighted by Gasteiger charge is 2.19. The summed E-state index contributed by atoms with van der Waals surface area (Å²) in [5.74, 6) is 0.720. The Morgan fingerprint density at radius 2 is 1.74 bits per heavy atom. The third-order valence-electron chi connectivity index (χ3n) is 2.75. The first kappa shape index (κ1) is 15.4. The van der Waals surface area contributed by atoms with Gasteiger partial charge in [0.1, 0.15) is 5.82 Å². The Morgan fingerprint density at radius 1 is 1.11 bits per heavy atom. The van der Waals surface area contributed by atoms with Crippen molar-refractivity contribution < 1.29 is 4.79 Å². The van der Waals surface area contributed by atoms with Gasteiger partial charge < -0.3 is 9.80 Å². The first-order chi connectivity index (χ1) is 8.81. The van der Waals surface area contributed by atoms with Crippen molar-refractivity contribution in [1.82, 2.24) is 14.8 Å². The largest absolute Gasteiger partial charge is 0.330 e. The highest BCUT2D eigenvalue weighted by Crippen LogP contribution is 2.15. The van der Waals surface area contributed by atoms with Crippen LogP contribution in [0.4, 0.5) is 10.6 Å². The van der Waals surface area contributed by atoms with Crippen LogP contribution in [0.3, 0.4) is 0 Å². The summed E-state index contributed by atoms with van der Waals surface area (Å²) in [4.78, 5) is 22.1. The first-order valence-electron chi connectivity index (χ1n) is 6.40. The van der Waals surface area contributed by atoms with Gasteiger partial charge >= 0.3 is 6.03 Å². The summed E-state index contributed by atoms with van der Waals surface area (Å²) in [7, 11) is 7.50. The molecule has 0 spiro atoms.